The molecule has 0 saturated carbocycles. The minimum atomic E-state index is -0.157. The fourth-order valence-electron chi connectivity index (χ4n) is 1.79. The average Bonchev–Trinajstić information content (AvgIpc) is 2.09. The first-order chi connectivity index (χ1) is 6.65. The van der Waals surface area contributed by atoms with Crippen LogP contribution in [0.1, 0.15) is 11.1 Å². The number of nitrogens with two attached hydrogens (primary N) is 1. The molecule has 2 rings (SSSR count). The van der Waals surface area contributed by atoms with Crippen LogP contribution < -0.4 is 5.73 Å². The van der Waals surface area contributed by atoms with Crippen LogP contribution in [0, 0.1) is 12.7 Å². The summed E-state index contributed by atoms with van der Waals surface area (Å²) in [5, 5.41) is 0. The average molecular weight is 194 g/mol. The summed E-state index contributed by atoms with van der Waals surface area (Å²) < 4.78 is 13.0. The molecule has 1 heterocycles. The second-order valence-electron chi connectivity index (χ2n) is 4.02. The first kappa shape index (κ1) is 9.62. The third-order valence-corrected chi connectivity index (χ3v) is 2.69. The van der Waals surface area contributed by atoms with Gasteiger partial charge in [-0.15, -0.1) is 0 Å². The van der Waals surface area contributed by atoms with Crippen LogP contribution in [0.4, 0.5) is 4.39 Å². The molecule has 0 aromatic heterocycles. The number of benzene rings is 1. The maximum absolute atomic E-state index is 13.0. The van der Waals surface area contributed by atoms with Crippen LogP contribution in [-0.4, -0.2) is 24.0 Å². The largest absolute Gasteiger partial charge is 0.325 e. The van der Waals surface area contributed by atoms with Crippen LogP contribution in [0.5, 0.6) is 0 Å². The van der Waals surface area contributed by atoms with Gasteiger partial charge >= 0.3 is 0 Å². The zero-order valence-corrected chi connectivity index (χ0v) is 8.33. The first-order valence-electron chi connectivity index (χ1n) is 4.88. The molecule has 14 heavy (non-hydrogen) atoms. The van der Waals surface area contributed by atoms with Gasteiger partial charge in [0, 0.05) is 25.7 Å². The molecule has 0 bridgehead atoms. The molecule has 0 unspecified atom stereocenters. The van der Waals surface area contributed by atoms with E-state index in [1.807, 2.05) is 13.0 Å². The van der Waals surface area contributed by atoms with E-state index >= 15 is 0 Å². The van der Waals surface area contributed by atoms with Crippen molar-refractivity contribution in [2.75, 3.05) is 13.1 Å². The predicted molar refractivity (Wildman–Crippen MR) is 54.4 cm³/mol. The van der Waals surface area contributed by atoms with Crippen molar-refractivity contribution in [3.05, 3.63) is 35.1 Å². The Balaban J connectivity index is 2.05. The molecule has 1 aliphatic heterocycles. The summed E-state index contributed by atoms with van der Waals surface area (Å²) in [4.78, 5) is 2.23. The molecule has 2 N–H and O–H groups in total. The molecule has 0 atom stereocenters. The van der Waals surface area contributed by atoms with Crippen molar-refractivity contribution in [2.24, 2.45) is 5.73 Å². The van der Waals surface area contributed by atoms with Crippen LogP contribution >= 0.6 is 0 Å². The number of hydrogen-bond acceptors (Lipinski definition) is 2. The van der Waals surface area contributed by atoms with E-state index < -0.39 is 0 Å². The van der Waals surface area contributed by atoms with Gasteiger partial charge < -0.3 is 5.73 Å². The third kappa shape index (κ3) is 1.94. The van der Waals surface area contributed by atoms with E-state index in [0.717, 1.165) is 30.8 Å². The van der Waals surface area contributed by atoms with Crippen molar-refractivity contribution in [1.29, 1.82) is 0 Å². The monoisotopic (exact) mass is 194 g/mol. The van der Waals surface area contributed by atoms with Gasteiger partial charge in [-0.2, -0.15) is 0 Å². The van der Waals surface area contributed by atoms with Crippen molar-refractivity contribution in [3.63, 3.8) is 0 Å². The molecule has 1 fully saturated rings. The fraction of sp³-hybridized carbons (Fsp3) is 0.455. The van der Waals surface area contributed by atoms with E-state index in [1.165, 1.54) is 6.07 Å². The van der Waals surface area contributed by atoms with Crippen LogP contribution in [0.3, 0.4) is 0 Å². The van der Waals surface area contributed by atoms with Crippen molar-refractivity contribution >= 4 is 0 Å². The van der Waals surface area contributed by atoms with Crippen LogP contribution in [0.15, 0.2) is 18.2 Å². The van der Waals surface area contributed by atoms with Gasteiger partial charge in [-0.1, -0.05) is 6.07 Å². The number of aryl methyl sites for hydroxylation is 1. The maximum Gasteiger partial charge on any atom is 0.123 e. The summed E-state index contributed by atoms with van der Waals surface area (Å²) in [6.45, 7) is 4.68. The summed E-state index contributed by atoms with van der Waals surface area (Å²) in [6.07, 6.45) is 0. The molecule has 3 heteroatoms. The molecule has 1 aliphatic rings. The SMILES string of the molecule is Cc1ccc(F)cc1CN1CC(N)C1. The Morgan fingerprint density at radius 2 is 2.21 bits per heavy atom. The Bertz CT molecular complexity index is 332. The standard InChI is InChI=1S/C11H15FN2/c1-8-2-3-10(12)4-9(8)5-14-6-11(13)7-14/h2-4,11H,5-7,13H2,1H3. The van der Waals surface area contributed by atoms with Crippen molar-refractivity contribution < 1.29 is 4.39 Å². The number of likely N-dealkylation sites (tertiary alicyclic amines) is 1. The van der Waals surface area contributed by atoms with Crippen molar-refractivity contribution in [2.45, 2.75) is 19.5 Å². The van der Waals surface area contributed by atoms with Gasteiger partial charge in [0.15, 0.2) is 0 Å². The lowest BCUT2D eigenvalue weighted by Gasteiger charge is -2.37. The highest BCUT2D eigenvalue weighted by molar-refractivity contribution is 5.26. The van der Waals surface area contributed by atoms with Gasteiger partial charge in [-0.3, -0.25) is 4.90 Å². The topological polar surface area (TPSA) is 29.3 Å². The third-order valence-electron chi connectivity index (χ3n) is 2.69. The van der Waals surface area contributed by atoms with Gasteiger partial charge in [0.25, 0.3) is 0 Å². The lowest BCUT2D eigenvalue weighted by Crippen LogP contribution is -2.54. The molecule has 0 amide bonds. The van der Waals surface area contributed by atoms with Gasteiger partial charge in [0.05, 0.1) is 0 Å². The molecule has 0 spiro atoms. The number of hydrogen-bond donors (Lipinski definition) is 1. The van der Waals surface area contributed by atoms with E-state index in [1.54, 1.807) is 6.07 Å². The predicted octanol–water partition coefficient (Wildman–Crippen LogP) is 1.28. The number of halogens is 1. The van der Waals surface area contributed by atoms with E-state index in [-0.39, 0.29) is 5.82 Å². The lowest BCUT2D eigenvalue weighted by atomic mass is 10.0. The van der Waals surface area contributed by atoms with Gasteiger partial charge in [-0.05, 0) is 30.2 Å². The van der Waals surface area contributed by atoms with E-state index in [4.69, 9.17) is 5.73 Å². The van der Waals surface area contributed by atoms with Gasteiger partial charge in [0.2, 0.25) is 0 Å². The zero-order chi connectivity index (χ0) is 10.1. The second-order valence-corrected chi connectivity index (χ2v) is 4.02. The van der Waals surface area contributed by atoms with E-state index in [2.05, 4.69) is 4.90 Å². The summed E-state index contributed by atoms with van der Waals surface area (Å²) in [6, 6.07) is 5.24. The smallest absolute Gasteiger partial charge is 0.123 e. The molecule has 0 aliphatic carbocycles. The molecule has 2 nitrogen and oxygen atoms in total. The quantitative estimate of drug-likeness (QED) is 0.768. The summed E-state index contributed by atoms with van der Waals surface area (Å²) >= 11 is 0. The number of nitrogens with zero attached hydrogens (tertiary/aromatic N) is 1. The van der Waals surface area contributed by atoms with Crippen LogP contribution in [0.2, 0.25) is 0 Å². The summed E-state index contributed by atoms with van der Waals surface area (Å²) in [5.74, 6) is -0.157. The highest BCUT2D eigenvalue weighted by Gasteiger charge is 2.23. The first-order valence-corrected chi connectivity index (χ1v) is 4.88. The minimum Gasteiger partial charge on any atom is -0.325 e. The van der Waals surface area contributed by atoms with Crippen LogP contribution in [0.25, 0.3) is 0 Å². The Morgan fingerprint density at radius 3 is 2.86 bits per heavy atom. The Morgan fingerprint density at radius 1 is 1.50 bits per heavy atom. The molecule has 1 aromatic rings. The fourth-order valence-corrected chi connectivity index (χ4v) is 1.79. The van der Waals surface area contributed by atoms with E-state index in [9.17, 15) is 4.39 Å². The Kier molecular flexibility index (Phi) is 2.52. The normalized spacial score (nSPS) is 18.2. The molecule has 1 saturated heterocycles. The summed E-state index contributed by atoms with van der Waals surface area (Å²) in [5.41, 5.74) is 7.89. The molecular formula is C11H15FN2. The minimum absolute atomic E-state index is 0.157. The summed E-state index contributed by atoms with van der Waals surface area (Å²) in [7, 11) is 0. The van der Waals surface area contributed by atoms with Crippen LogP contribution in [-0.2, 0) is 6.54 Å². The van der Waals surface area contributed by atoms with Gasteiger partial charge in [-0.25, -0.2) is 4.39 Å². The maximum atomic E-state index is 13.0. The second kappa shape index (κ2) is 3.67. The van der Waals surface area contributed by atoms with Gasteiger partial charge in [0.1, 0.15) is 5.82 Å². The molecule has 76 valence electrons. The number of rotatable bonds is 2. The van der Waals surface area contributed by atoms with E-state index in [0.29, 0.717) is 6.04 Å². The lowest BCUT2D eigenvalue weighted by molar-refractivity contribution is 0.142. The highest BCUT2D eigenvalue weighted by Crippen LogP contribution is 2.16. The highest BCUT2D eigenvalue weighted by atomic mass is 19.1. The zero-order valence-electron chi connectivity index (χ0n) is 8.33. The molecule has 0 radical (unpaired) electrons. The molecular weight excluding hydrogens is 179 g/mol. The van der Waals surface area contributed by atoms with Crippen molar-refractivity contribution in [3.8, 4) is 0 Å². The van der Waals surface area contributed by atoms with Crippen molar-refractivity contribution in [1.82, 2.24) is 4.90 Å². The molecule has 1 aromatic carbocycles. The Labute approximate surface area is 83.5 Å². The Hall–Kier alpha value is -0.930.